The third-order valence-electron chi connectivity index (χ3n) is 4.70. The van der Waals surface area contributed by atoms with Crippen LogP contribution in [0.3, 0.4) is 0 Å². The average molecular weight is 324 g/mol. The van der Waals surface area contributed by atoms with Crippen molar-refractivity contribution in [3.05, 3.63) is 59.9 Å². The van der Waals surface area contributed by atoms with E-state index in [1.807, 2.05) is 36.7 Å². The summed E-state index contributed by atoms with van der Waals surface area (Å²) in [6, 6.07) is 12.2. The fraction of sp³-hybridized carbons (Fsp3) is 0.400. The summed E-state index contributed by atoms with van der Waals surface area (Å²) < 4.78 is 5.24. The third kappa shape index (κ3) is 4.13. The number of nitrogens with zero attached hydrogens (tertiary/aromatic N) is 2. The molecule has 24 heavy (non-hydrogen) atoms. The maximum atomic E-state index is 12.7. The molecule has 4 nitrogen and oxygen atoms in total. The van der Waals surface area contributed by atoms with Gasteiger partial charge in [0.25, 0.3) is 0 Å². The van der Waals surface area contributed by atoms with E-state index in [-0.39, 0.29) is 5.91 Å². The number of hydrogen-bond acceptors (Lipinski definition) is 3. The minimum absolute atomic E-state index is 0.223. The van der Waals surface area contributed by atoms with Gasteiger partial charge in [-0.3, -0.25) is 9.78 Å². The number of hydrogen-bond donors (Lipinski definition) is 0. The second-order valence-electron chi connectivity index (χ2n) is 6.31. The first-order valence-electron chi connectivity index (χ1n) is 8.57. The summed E-state index contributed by atoms with van der Waals surface area (Å²) in [5.41, 5.74) is 2.30. The van der Waals surface area contributed by atoms with Crippen LogP contribution in [-0.2, 0) is 17.6 Å². The molecule has 0 aliphatic carbocycles. The molecule has 0 bridgehead atoms. The predicted octanol–water partition coefficient (Wildman–Crippen LogP) is 3.26. The number of carbonyl (C=O) groups is 1. The zero-order chi connectivity index (χ0) is 16.8. The molecule has 1 saturated heterocycles. The Labute approximate surface area is 143 Å². The SMILES string of the molecule is COc1cccc(CC(=O)N2CCC[C@@H]2CCc2ccncc2)c1. The summed E-state index contributed by atoms with van der Waals surface area (Å²) >= 11 is 0. The molecular formula is C20H24N2O2. The van der Waals surface area contributed by atoms with Crippen LogP contribution in [0.4, 0.5) is 0 Å². The number of likely N-dealkylation sites (tertiary alicyclic amines) is 1. The largest absolute Gasteiger partial charge is 0.497 e. The van der Waals surface area contributed by atoms with Crippen LogP contribution in [0.25, 0.3) is 0 Å². The van der Waals surface area contributed by atoms with E-state index < -0.39 is 0 Å². The van der Waals surface area contributed by atoms with E-state index in [1.54, 1.807) is 7.11 Å². The van der Waals surface area contributed by atoms with Crippen molar-refractivity contribution in [1.29, 1.82) is 0 Å². The van der Waals surface area contributed by atoms with Gasteiger partial charge in [0.1, 0.15) is 5.75 Å². The van der Waals surface area contributed by atoms with Crippen molar-refractivity contribution in [2.75, 3.05) is 13.7 Å². The summed E-state index contributed by atoms with van der Waals surface area (Å²) in [5.74, 6) is 1.02. The van der Waals surface area contributed by atoms with E-state index in [4.69, 9.17) is 4.74 Å². The summed E-state index contributed by atoms with van der Waals surface area (Å²) in [6.45, 7) is 0.879. The van der Waals surface area contributed by atoms with Crippen LogP contribution in [0.5, 0.6) is 5.75 Å². The van der Waals surface area contributed by atoms with Crippen molar-refractivity contribution in [2.24, 2.45) is 0 Å². The van der Waals surface area contributed by atoms with Gasteiger partial charge in [-0.15, -0.1) is 0 Å². The number of pyridine rings is 1. The molecule has 1 aliphatic rings. The fourth-order valence-electron chi connectivity index (χ4n) is 3.41. The predicted molar refractivity (Wildman–Crippen MR) is 94.0 cm³/mol. The van der Waals surface area contributed by atoms with E-state index >= 15 is 0 Å². The first-order valence-corrected chi connectivity index (χ1v) is 8.57. The van der Waals surface area contributed by atoms with Gasteiger partial charge in [-0.2, -0.15) is 0 Å². The molecule has 0 saturated carbocycles. The van der Waals surface area contributed by atoms with Gasteiger partial charge >= 0.3 is 0 Å². The first-order chi connectivity index (χ1) is 11.8. The number of carbonyl (C=O) groups excluding carboxylic acids is 1. The van der Waals surface area contributed by atoms with Crippen molar-refractivity contribution < 1.29 is 9.53 Å². The number of ether oxygens (including phenoxy) is 1. The molecular weight excluding hydrogens is 300 g/mol. The van der Waals surface area contributed by atoms with Crippen molar-refractivity contribution in [3.8, 4) is 5.75 Å². The smallest absolute Gasteiger partial charge is 0.227 e. The summed E-state index contributed by atoms with van der Waals surface area (Å²) in [7, 11) is 1.65. The number of amides is 1. The second kappa shape index (κ2) is 7.95. The highest BCUT2D eigenvalue weighted by molar-refractivity contribution is 5.79. The normalized spacial score (nSPS) is 17.0. The molecule has 0 N–H and O–H groups in total. The molecule has 126 valence electrons. The van der Waals surface area contributed by atoms with Crippen LogP contribution in [0.15, 0.2) is 48.8 Å². The Kier molecular flexibility index (Phi) is 5.47. The highest BCUT2D eigenvalue weighted by Gasteiger charge is 2.28. The molecule has 0 unspecified atom stereocenters. The molecule has 4 heteroatoms. The molecule has 3 rings (SSSR count). The van der Waals surface area contributed by atoms with Crippen molar-refractivity contribution in [2.45, 2.75) is 38.1 Å². The quantitative estimate of drug-likeness (QED) is 0.819. The van der Waals surface area contributed by atoms with Gasteiger partial charge in [0.2, 0.25) is 5.91 Å². The van der Waals surface area contributed by atoms with Crippen LogP contribution in [0.1, 0.15) is 30.4 Å². The minimum Gasteiger partial charge on any atom is -0.497 e. The Morgan fingerprint density at radius 1 is 1.25 bits per heavy atom. The zero-order valence-corrected chi connectivity index (χ0v) is 14.1. The average Bonchev–Trinajstić information content (AvgIpc) is 3.10. The van der Waals surface area contributed by atoms with Crippen molar-refractivity contribution >= 4 is 5.91 Å². The second-order valence-corrected chi connectivity index (χ2v) is 6.31. The highest BCUT2D eigenvalue weighted by atomic mass is 16.5. The van der Waals surface area contributed by atoms with Gasteiger partial charge in [-0.05, 0) is 61.1 Å². The molecule has 2 heterocycles. The topological polar surface area (TPSA) is 42.4 Å². The first kappa shape index (κ1) is 16.5. The van der Waals surface area contributed by atoms with Gasteiger partial charge in [0.15, 0.2) is 0 Å². The van der Waals surface area contributed by atoms with Crippen LogP contribution in [0.2, 0.25) is 0 Å². The van der Waals surface area contributed by atoms with Crippen molar-refractivity contribution in [1.82, 2.24) is 9.88 Å². The number of aryl methyl sites for hydroxylation is 1. The minimum atomic E-state index is 0.223. The van der Waals surface area contributed by atoms with E-state index in [0.717, 1.165) is 43.5 Å². The van der Waals surface area contributed by atoms with Gasteiger partial charge in [-0.25, -0.2) is 0 Å². The third-order valence-corrected chi connectivity index (χ3v) is 4.70. The zero-order valence-electron chi connectivity index (χ0n) is 14.1. The molecule has 0 spiro atoms. The van der Waals surface area contributed by atoms with Gasteiger partial charge < -0.3 is 9.64 Å². The highest BCUT2D eigenvalue weighted by Crippen LogP contribution is 2.23. The number of benzene rings is 1. The van der Waals surface area contributed by atoms with E-state index in [9.17, 15) is 4.79 Å². The Morgan fingerprint density at radius 3 is 2.88 bits per heavy atom. The molecule has 1 fully saturated rings. The molecule has 0 radical (unpaired) electrons. The van der Waals surface area contributed by atoms with Crippen LogP contribution >= 0.6 is 0 Å². The maximum Gasteiger partial charge on any atom is 0.227 e. The Morgan fingerprint density at radius 2 is 2.08 bits per heavy atom. The summed E-state index contributed by atoms with van der Waals surface area (Å²) in [5, 5.41) is 0. The van der Waals surface area contributed by atoms with Crippen LogP contribution < -0.4 is 4.74 Å². The lowest BCUT2D eigenvalue weighted by Gasteiger charge is -2.25. The Hall–Kier alpha value is -2.36. The lowest BCUT2D eigenvalue weighted by molar-refractivity contribution is -0.131. The van der Waals surface area contributed by atoms with Gasteiger partial charge in [0.05, 0.1) is 13.5 Å². The van der Waals surface area contributed by atoms with Gasteiger partial charge in [0, 0.05) is 25.0 Å². The summed E-state index contributed by atoms with van der Waals surface area (Å²) in [6.07, 6.45) is 8.33. The maximum absolute atomic E-state index is 12.7. The number of methoxy groups -OCH3 is 1. The molecule has 2 aromatic rings. The standard InChI is InChI=1S/C20H24N2O2/c1-24-19-6-2-4-17(14-19)15-20(23)22-13-3-5-18(22)8-7-16-9-11-21-12-10-16/h2,4,6,9-12,14,18H,3,5,7-8,13,15H2,1H3/t18-/m1/s1. The van der Waals surface area contributed by atoms with E-state index in [1.165, 1.54) is 5.56 Å². The lowest BCUT2D eigenvalue weighted by atomic mass is 10.0. The Balaban J connectivity index is 1.58. The Bertz CT molecular complexity index is 672. The van der Waals surface area contributed by atoms with Crippen LogP contribution in [0, 0.1) is 0 Å². The molecule has 1 amide bonds. The van der Waals surface area contributed by atoms with Crippen LogP contribution in [-0.4, -0.2) is 35.5 Å². The number of rotatable bonds is 6. The lowest BCUT2D eigenvalue weighted by Crippen LogP contribution is -2.36. The van der Waals surface area contributed by atoms with E-state index in [2.05, 4.69) is 22.0 Å². The molecule has 1 atom stereocenters. The van der Waals surface area contributed by atoms with E-state index in [0.29, 0.717) is 12.5 Å². The monoisotopic (exact) mass is 324 g/mol. The fourth-order valence-corrected chi connectivity index (χ4v) is 3.41. The molecule has 1 aromatic heterocycles. The van der Waals surface area contributed by atoms with Crippen molar-refractivity contribution in [3.63, 3.8) is 0 Å². The molecule has 1 aliphatic heterocycles. The molecule has 1 aromatic carbocycles. The summed E-state index contributed by atoms with van der Waals surface area (Å²) in [4.78, 5) is 18.8. The van der Waals surface area contributed by atoms with Gasteiger partial charge in [-0.1, -0.05) is 12.1 Å². The number of aromatic nitrogens is 1.